The Bertz CT molecular complexity index is 792. The fourth-order valence-corrected chi connectivity index (χ4v) is 4.36. The highest BCUT2D eigenvalue weighted by Crippen LogP contribution is 2.34. The van der Waals surface area contributed by atoms with Gasteiger partial charge in [-0.25, -0.2) is 9.59 Å². The van der Waals surface area contributed by atoms with Gasteiger partial charge in [0.2, 0.25) is 5.91 Å². The monoisotopic (exact) mass is 431 g/mol. The summed E-state index contributed by atoms with van der Waals surface area (Å²) in [5.74, 6) is -0.912. The number of fused-ring (bicyclic) bond motifs is 1. The van der Waals surface area contributed by atoms with Crippen LogP contribution in [0, 0.1) is 5.92 Å². The molecule has 2 amide bonds. The normalized spacial score (nSPS) is 26.1. The summed E-state index contributed by atoms with van der Waals surface area (Å²) in [6.07, 6.45) is 2.05. The number of hydrogen-bond acceptors (Lipinski definition) is 6. The molecule has 0 unspecified atom stereocenters. The summed E-state index contributed by atoms with van der Waals surface area (Å²) in [5, 5.41) is 2.72. The fraction of sp³-hybridized carbons (Fsp3) is 0.609. The van der Waals surface area contributed by atoms with Gasteiger partial charge in [-0.2, -0.15) is 0 Å². The Morgan fingerprint density at radius 1 is 1.13 bits per heavy atom. The maximum Gasteiger partial charge on any atom is 0.408 e. The van der Waals surface area contributed by atoms with Crippen molar-refractivity contribution in [3.63, 3.8) is 0 Å². The van der Waals surface area contributed by atoms with Gasteiger partial charge in [0.15, 0.2) is 0 Å². The molecule has 2 aliphatic heterocycles. The number of nitrogens with zero attached hydrogens (tertiary/aromatic N) is 1. The number of alkyl carbamates (subject to hydrolysis) is 1. The molecule has 0 spiro atoms. The average Bonchev–Trinajstić information content (AvgIpc) is 3.10. The number of rotatable bonds is 5. The lowest BCUT2D eigenvalue weighted by atomic mass is 9.93. The number of nitrogens with two attached hydrogens (primary N) is 1. The summed E-state index contributed by atoms with van der Waals surface area (Å²) in [4.78, 5) is 40.3. The summed E-state index contributed by atoms with van der Waals surface area (Å²) < 4.78 is 10.9. The number of nitrogens with one attached hydrogen (secondary N) is 1. The molecule has 2 heterocycles. The molecule has 31 heavy (non-hydrogen) atoms. The molecule has 8 heteroatoms. The van der Waals surface area contributed by atoms with Crippen LogP contribution in [0.4, 0.5) is 4.79 Å². The Morgan fingerprint density at radius 2 is 1.81 bits per heavy atom. The lowest BCUT2D eigenvalue weighted by Crippen LogP contribution is -2.56. The highest BCUT2D eigenvalue weighted by molar-refractivity contribution is 5.91. The maximum absolute atomic E-state index is 13.5. The Morgan fingerprint density at radius 3 is 2.45 bits per heavy atom. The van der Waals surface area contributed by atoms with Crippen molar-refractivity contribution >= 4 is 18.0 Å². The van der Waals surface area contributed by atoms with E-state index in [2.05, 4.69) is 5.32 Å². The third kappa shape index (κ3) is 5.76. The van der Waals surface area contributed by atoms with Crippen LogP contribution in [0.15, 0.2) is 30.3 Å². The molecule has 8 nitrogen and oxygen atoms in total. The number of amides is 2. The minimum Gasteiger partial charge on any atom is -0.458 e. The fourth-order valence-electron chi connectivity index (χ4n) is 4.36. The number of benzene rings is 1. The summed E-state index contributed by atoms with van der Waals surface area (Å²) in [6.45, 7) is 5.78. The highest BCUT2D eigenvalue weighted by atomic mass is 16.6. The Balaban J connectivity index is 1.71. The first-order valence-electron chi connectivity index (χ1n) is 10.9. The molecule has 3 rings (SSSR count). The molecule has 0 aromatic heterocycles. The maximum atomic E-state index is 13.5. The molecule has 2 aliphatic rings. The third-order valence-corrected chi connectivity index (χ3v) is 5.83. The van der Waals surface area contributed by atoms with Gasteiger partial charge >= 0.3 is 12.1 Å². The van der Waals surface area contributed by atoms with E-state index in [-0.39, 0.29) is 31.0 Å². The largest absolute Gasteiger partial charge is 0.458 e. The van der Waals surface area contributed by atoms with E-state index >= 15 is 0 Å². The molecule has 3 N–H and O–H groups in total. The molecule has 0 saturated carbocycles. The number of esters is 1. The van der Waals surface area contributed by atoms with Crippen LogP contribution in [0.5, 0.6) is 0 Å². The first-order chi connectivity index (χ1) is 14.7. The van der Waals surface area contributed by atoms with Crippen molar-refractivity contribution in [2.24, 2.45) is 11.7 Å². The SMILES string of the molecule is CC(C)(C)OC(=O)[C@H]1CC[C@@H]2CC[C@H](CN)[C@H](NC(=O)OCc3ccccc3)C(=O)N21. The predicted molar refractivity (Wildman–Crippen MR) is 115 cm³/mol. The van der Waals surface area contributed by atoms with Crippen LogP contribution in [-0.4, -0.2) is 53.1 Å². The zero-order chi connectivity index (χ0) is 22.6. The highest BCUT2D eigenvalue weighted by Gasteiger charge is 2.48. The summed E-state index contributed by atoms with van der Waals surface area (Å²) in [6, 6.07) is 7.79. The van der Waals surface area contributed by atoms with Gasteiger partial charge < -0.3 is 25.4 Å². The first-order valence-corrected chi connectivity index (χ1v) is 10.9. The van der Waals surface area contributed by atoms with Crippen molar-refractivity contribution in [2.45, 2.75) is 76.8 Å². The van der Waals surface area contributed by atoms with Crippen molar-refractivity contribution in [1.29, 1.82) is 0 Å². The lowest BCUT2D eigenvalue weighted by molar-refractivity contribution is -0.164. The summed E-state index contributed by atoms with van der Waals surface area (Å²) in [5.41, 5.74) is 6.16. The minimum absolute atomic E-state index is 0.0498. The second-order valence-corrected chi connectivity index (χ2v) is 9.28. The molecule has 0 aliphatic carbocycles. The van der Waals surface area contributed by atoms with E-state index in [1.807, 2.05) is 30.3 Å². The Hall–Kier alpha value is -2.61. The molecule has 170 valence electrons. The molecule has 2 saturated heterocycles. The van der Waals surface area contributed by atoms with Gasteiger partial charge in [0, 0.05) is 12.0 Å². The van der Waals surface area contributed by atoms with E-state index in [9.17, 15) is 14.4 Å². The number of carbonyl (C=O) groups excluding carboxylic acids is 3. The second kappa shape index (κ2) is 9.68. The number of hydrogen-bond donors (Lipinski definition) is 2. The minimum atomic E-state index is -0.832. The smallest absolute Gasteiger partial charge is 0.408 e. The second-order valence-electron chi connectivity index (χ2n) is 9.28. The van der Waals surface area contributed by atoms with Crippen molar-refractivity contribution in [3.05, 3.63) is 35.9 Å². The van der Waals surface area contributed by atoms with Crippen molar-refractivity contribution < 1.29 is 23.9 Å². The van der Waals surface area contributed by atoms with Crippen LogP contribution in [0.1, 0.15) is 52.0 Å². The van der Waals surface area contributed by atoms with E-state index in [0.29, 0.717) is 12.8 Å². The average molecular weight is 432 g/mol. The van der Waals surface area contributed by atoms with Crippen molar-refractivity contribution in [2.75, 3.05) is 6.54 Å². The van der Waals surface area contributed by atoms with Crippen molar-refractivity contribution in [1.82, 2.24) is 10.2 Å². The standard InChI is InChI=1S/C23H33N3O5/c1-23(2,3)31-21(28)18-12-11-17-10-9-16(13-24)19(20(27)26(17)18)25-22(29)30-14-15-7-5-4-6-8-15/h4-8,16-19H,9-14,24H2,1-3H3,(H,25,29)/t16-,17+,18-,19+/m1/s1. The zero-order valence-electron chi connectivity index (χ0n) is 18.5. The van der Waals surface area contributed by atoms with Crippen LogP contribution in [0.3, 0.4) is 0 Å². The van der Waals surface area contributed by atoms with E-state index < -0.39 is 29.7 Å². The van der Waals surface area contributed by atoms with Crippen LogP contribution < -0.4 is 11.1 Å². The van der Waals surface area contributed by atoms with E-state index in [0.717, 1.165) is 18.4 Å². The van der Waals surface area contributed by atoms with E-state index in [1.165, 1.54) is 0 Å². The lowest BCUT2D eigenvalue weighted by Gasteiger charge is -2.32. The van der Waals surface area contributed by atoms with E-state index in [4.69, 9.17) is 15.2 Å². The topological polar surface area (TPSA) is 111 Å². The van der Waals surface area contributed by atoms with Crippen LogP contribution in [-0.2, 0) is 25.7 Å². The molecular formula is C23H33N3O5. The molecule has 0 radical (unpaired) electrons. The van der Waals surface area contributed by atoms with Gasteiger partial charge in [0.05, 0.1) is 0 Å². The van der Waals surface area contributed by atoms with Crippen molar-refractivity contribution in [3.8, 4) is 0 Å². The molecule has 2 fully saturated rings. The van der Waals surface area contributed by atoms with Crippen LogP contribution in [0.25, 0.3) is 0 Å². The van der Waals surface area contributed by atoms with Gasteiger partial charge in [0.25, 0.3) is 0 Å². The van der Waals surface area contributed by atoms with Gasteiger partial charge in [-0.05, 0) is 58.6 Å². The Labute approximate surface area is 183 Å². The summed E-state index contributed by atoms with van der Waals surface area (Å²) >= 11 is 0. The first kappa shape index (κ1) is 23.1. The van der Waals surface area contributed by atoms with Gasteiger partial charge in [-0.3, -0.25) is 4.79 Å². The van der Waals surface area contributed by atoms with Crippen LogP contribution in [0.2, 0.25) is 0 Å². The molecule has 1 aromatic rings. The predicted octanol–water partition coefficient (Wildman–Crippen LogP) is 2.35. The quantitative estimate of drug-likeness (QED) is 0.693. The van der Waals surface area contributed by atoms with Gasteiger partial charge in [-0.1, -0.05) is 30.3 Å². The molecular weight excluding hydrogens is 398 g/mol. The number of carbonyl (C=O) groups is 3. The van der Waals surface area contributed by atoms with Gasteiger partial charge in [-0.15, -0.1) is 0 Å². The van der Waals surface area contributed by atoms with E-state index in [1.54, 1.807) is 25.7 Å². The zero-order valence-corrected chi connectivity index (χ0v) is 18.5. The third-order valence-electron chi connectivity index (χ3n) is 5.83. The Kier molecular flexibility index (Phi) is 7.20. The molecule has 1 aromatic carbocycles. The number of ether oxygens (including phenoxy) is 2. The molecule has 0 bridgehead atoms. The van der Waals surface area contributed by atoms with Crippen LogP contribution >= 0.6 is 0 Å². The molecule has 4 atom stereocenters. The summed E-state index contributed by atoms with van der Waals surface area (Å²) in [7, 11) is 0. The van der Waals surface area contributed by atoms with Gasteiger partial charge in [0.1, 0.15) is 24.3 Å².